The molecule has 2 aromatic heterocycles. The third-order valence-electron chi connectivity index (χ3n) is 2.82. The quantitative estimate of drug-likeness (QED) is 0.736. The topological polar surface area (TPSA) is 47.3 Å². The summed E-state index contributed by atoms with van der Waals surface area (Å²) in [5.74, 6) is 0. The van der Waals surface area contributed by atoms with Crippen LogP contribution >= 0.6 is 11.3 Å². The summed E-state index contributed by atoms with van der Waals surface area (Å²) in [6.07, 6.45) is 1.90. The summed E-state index contributed by atoms with van der Waals surface area (Å²) in [6, 6.07) is 11.3. The number of nitrogens with zero attached hydrogens (tertiary/aromatic N) is 3. The fourth-order valence-electron chi connectivity index (χ4n) is 1.92. The van der Waals surface area contributed by atoms with Gasteiger partial charge in [0.2, 0.25) is 4.96 Å². The van der Waals surface area contributed by atoms with E-state index >= 15 is 0 Å². The molecule has 0 aliphatic heterocycles. The molecule has 5 heteroatoms. The van der Waals surface area contributed by atoms with Crippen LogP contribution in [-0.2, 0) is 6.42 Å². The Kier molecular flexibility index (Phi) is 3.13. The Balaban J connectivity index is 2.16. The molecule has 3 rings (SSSR count). The highest BCUT2D eigenvalue weighted by atomic mass is 32.1. The number of aromatic nitrogens is 3. The first kappa shape index (κ1) is 12.0. The molecule has 0 radical (unpaired) electrons. The minimum atomic E-state index is -0.123. The van der Waals surface area contributed by atoms with Gasteiger partial charge in [0.25, 0.3) is 5.56 Å². The van der Waals surface area contributed by atoms with E-state index in [0.717, 1.165) is 23.4 Å². The Hall–Kier alpha value is -2.01. The van der Waals surface area contributed by atoms with Gasteiger partial charge in [0.15, 0.2) is 0 Å². The standard InChI is InChI=1S/C14H13N3OS/c1-2-6-12-16-17-13(18)9-11(15-14(17)19-12)10-7-4-3-5-8-10/h3-5,7-9H,2,6H2,1H3. The number of aryl methyl sites for hydroxylation is 1. The van der Waals surface area contributed by atoms with Crippen molar-refractivity contribution in [3.8, 4) is 11.3 Å². The molecule has 96 valence electrons. The average Bonchev–Trinajstić information content (AvgIpc) is 2.83. The van der Waals surface area contributed by atoms with E-state index in [4.69, 9.17) is 0 Å². The lowest BCUT2D eigenvalue weighted by Gasteiger charge is -1.99. The zero-order valence-electron chi connectivity index (χ0n) is 10.5. The molecule has 0 saturated heterocycles. The Bertz CT molecular complexity index is 761. The molecule has 0 atom stereocenters. The van der Waals surface area contributed by atoms with Crippen molar-refractivity contribution in [1.82, 2.24) is 14.6 Å². The van der Waals surface area contributed by atoms with Crippen molar-refractivity contribution in [2.24, 2.45) is 0 Å². The second-order valence-electron chi connectivity index (χ2n) is 4.29. The van der Waals surface area contributed by atoms with Crippen LogP contribution in [0.3, 0.4) is 0 Å². The van der Waals surface area contributed by atoms with Gasteiger partial charge in [0.1, 0.15) is 5.01 Å². The summed E-state index contributed by atoms with van der Waals surface area (Å²) >= 11 is 1.49. The number of benzene rings is 1. The molecular formula is C14H13N3OS. The number of fused-ring (bicyclic) bond motifs is 1. The zero-order valence-corrected chi connectivity index (χ0v) is 11.4. The lowest BCUT2D eigenvalue weighted by Crippen LogP contribution is -2.14. The molecule has 0 fully saturated rings. The molecule has 0 amide bonds. The molecule has 3 aromatic rings. The summed E-state index contributed by atoms with van der Waals surface area (Å²) in [6.45, 7) is 2.09. The highest BCUT2D eigenvalue weighted by Crippen LogP contribution is 2.18. The van der Waals surface area contributed by atoms with E-state index in [1.54, 1.807) is 0 Å². The average molecular weight is 271 g/mol. The highest BCUT2D eigenvalue weighted by molar-refractivity contribution is 7.16. The third-order valence-corrected chi connectivity index (χ3v) is 3.79. The highest BCUT2D eigenvalue weighted by Gasteiger charge is 2.09. The molecule has 2 heterocycles. The van der Waals surface area contributed by atoms with Crippen LogP contribution in [0, 0.1) is 0 Å². The number of hydrogen-bond acceptors (Lipinski definition) is 4. The van der Waals surface area contributed by atoms with Gasteiger partial charge in [-0.25, -0.2) is 4.98 Å². The minimum absolute atomic E-state index is 0.123. The first-order valence-corrected chi connectivity index (χ1v) is 7.05. The van der Waals surface area contributed by atoms with Crippen LogP contribution in [0.2, 0.25) is 0 Å². The molecule has 0 aliphatic rings. The van der Waals surface area contributed by atoms with Gasteiger partial charge >= 0.3 is 0 Å². The fourth-order valence-corrected chi connectivity index (χ4v) is 2.92. The zero-order chi connectivity index (χ0) is 13.2. The Morgan fingerprint density at radius 3 is 2.79 bits per heavy atom. The predicted molar refractivity (Wildman–Crippen MR) is 76.6 cm³/mol. The molecule has 19 heavy (non-hydrogen) atoms. The molecule has 1 aromatic carbocycles. The first-order valence-electron chi connectivity index (χ1n) is 6.23. The van der Waals surface area contributed by atoms with Gasteiger partial charge in [-0.1, -0.05) is 48.6 Å². The van der Waals surface area contributed by atoms with Gasteiger partial charge < -0.3 is 0 Å². The van der Waals surface area contributed by atoms with Gasteiger partial charge in [-0.2, -0.15) is 9.61 Å². The normalized spacial score (nSPS) is 11.0. The van der Waals surface area contributed by atoms with Crippen LogP contribution in [-0.4, -0.2) is 14.6 Å². The summed E-state index contributed by atoms with van der Waals surface area (Å²) in [4.78, 5) is 17.2. The van der Waals surface area contributed by atoms with Crippen LogP contribution < -0.4 is 5.56 Å². The van der Waals surface area contributed by atoms with Crippen molar-refractivity contribution in [2.45, 2.75) is 19.8 Å². The summed E-state index contributed by atoms with van der Waals surface area (Å²) in [5.41, 5.74) is 1.53. The maximum absolute atomic E-state index is 12.1. The Morgan fingerprint density at radius 1 is 1.26 bits per heavy atom. The van der Waals surface area contributed by atoms with E-state index in [0.29, 0.717) is 10.7 Å². The molecule has 0 unspecified atom stereocenters. The Morgan fingerprint density at radius 2 is 2.05 bits per heavy atom. The summed E-state index contributed by atoms with van der Waals surface area (Å²) < 4.78 is 1.39. The van der Waals surface area contributed by atoms with E-state index in [1.807, 2.05) is 30.3 Å². The van der Waals surface area contributed by atoms with Gasteiger partial charge in [0, 0.05) is 18.1 Å². The van der Waals surface area contributed by atoms with Gasteiger partial charge in [-0.3, -0.25) is 4.79 Å². The molecule has 0 spiro atoms. The monoisotopic (exact) mass is 271 g/mol. The van der Waals surface area contributed by atoms with Gasteiger partial charge in [-0.05, 0) is 6.42 Å². The first-order chi connectivity index (χ1) is 9.28. The molecule has 0 aliphatic carbocycles. The van der Waals surface area contributed by atoms with Crippen molar-refractivity contribution in [1.29, 1.82) is 0 Å². The minimum Gasteiger partial charge on any atom is -0.267 e. The van der Waals surface area contributed by atoms with Crippen molar-refractivity contribution in [3.63, 3.8) is 0 Å². The van der Waals surface area contributed by atoms with E-state index in [2.05, 4.69) is 17.0 Å². The van der Waals surface area contributed by atoms with Gasteiger partial charge in [0.05, 0.1) is 5.69 Å². The van der Waals surface area contributed by atoms with Crippen molar-refractivity contribution >= 4 is 16.3 Å². The largest absolute Gasteiger partial charge is 0.275 e. The maximum atomic E-state index is 12.1. The molecule has 0 saturated carbocycles. The molecule has 0 bridgehead atoms. The maximum Gasteiger partial charge on any atom is 0.275 e. The molecule has 0 N–H and O–H groups in total. The summed E-state index contributed by atoms with van der Waals surface area (Å²) in [5, 5.41) is 5.25. The van der Waals surface area contributed by atoms with E-state index in [-0.39, 0.29) is 5.56 Å². The second-order valence-corrected chi connectivity index (χ2v) is 5.33. The second kappa shape index (κ2) is 4.93. The SMILES string of the molecule is CCCc1nn2c(=O)cc(-c3ccccc3)nc2s1. The van der Waals surface area contributed by atoms with Crippen LogP contribution in [0.15, 0.2) is 41.2 Å². The lowest BCUT2D eigenvalue weighted by atomic mass is 10.1. The van der Waals surface area contributed by atoms with E-state index in [1.165, 1.54) is 21.9 Å². The number of hydrogen-bond donors (Lipinski definition) is 0. The van der Waals surface area contributed by atoms with Crippen molar-refractivity contribution < 1.29 is 0 Å². The lowest BCUT2D eigenvalue weighted by molar-refractivity contribution is 0.823. The van der Waals surface area contributed by atoms with Crippen LogP contribution in [0.4, 0.5) is 0 Å². The van der Waals surface area contributed by atoms with E-state index in [9.17, 15) is 4.79 Å². The smallest absolute Gasteiger partial charge is 0.267 e. The Labute approximate surface area is 114 Å². The van der Waals surface area contributed by atoms with Crippen molar-refractivity contribution in [2.75, 3.05) is 0 Å². The summed E-state index contributed by atoms with van der Waals surface area (Å²) in [7, 11) is 0. The fraction of sp³-hybridized carbons (Fsp3) is 0.214. The van der Waals surface area contributed by atoms with Gasteiger partial charge in [-0.15, -0.1) is 0 Å². The van der Waals surface area contributed by atoms with Crippen LogP contribution in [0.1, 0.15) is 18.4 Å². The number of rotatable bonds is 3. The van der Waals surface area contributed by atoms with Crippen LogP contribution in [0.5, 0.6) is 0 Å². The van der Waals surface area contributed by atoms with Crippen molar-refractivity contribution in [3.05, 3.63) is 51.8 Å². The molecular weight excluding hydrogens is 258 g/mol. The third kappa shape index (κ3) is 2.29. The van der Waals surface area contributed by atoms with Crippen LogP contribution in [0.25, 0.3) is 16.2 Å². The predicted octanol–water partition coefficient (Wildman–Crippen LogP) is 2.77. The molecule has 4 nitrogen and oxygen atoms in total. The van der Waals surface area contributed by atoms with E-state index < -0.39 is 0 Å².